The Balaban J connectivity index is 1.64. The summed E-state index contributed by atoms with van der Waals surface area (Å²) in [6.07, 6.45) is 6.65. The molecule has 126 valence electrons. The van der Waals surface area contributed by atoms with Crippen molar-refractivity contribution >= 4 is 5.97 Å². The SMILES string of the molecule is O=C(O)CCc1cccc([C@H]2CCCN(Cc3cccnc3)C2)n1. The Labute approximate surface area is 142 Å². The minimum absolute atomic E-state index is 0.133. The molecular weight excluding hydrogens is 302 g/mol. The monoisotopic (exact) mass is 325 g/mol. The van der Waals surface area contributed by atoms with E-state index in [-0.39, 0.29) is 6.42 Å². The number of likely N-dealkylation sites (tertiary alicyclic amines) is 1. The van der Waals surface area contributed by atoms with Gasteiger partial charge in [-0.15, -0.1) is 0 Å². The van der Waals surface area contributed by atoms with E-state index in [9.17, 15) is 4.79 Å². The summed E-state index contributed by atoms with van der Waals surface area (Å²) in [5.41, 5.74) is 3.20. The van der Waals surface area contributed by atoms with E-state index in [2.05, 4.69) is 22.0 Å². The number of aromatic nitrogens is 2. The van der Waals surface area contributed by atoms with Crippen LogP contribution in [0.25, 0.3) is 0 Å². The fourth-order valence-corrected chi connectivity index (χ4v) is 3.29. The highest BCUT2D eigenvalue weighted by Crippen LogP contribution is 2.26. The number of piperidine rings is 1. The number of hydrogen-bond acceptors (Lipinski definition) is 4. The van der Waals surface area contributed by atoms with Gasteiger partial charge in [0.2, 0.25) is 0 Å². The Morgan fingerprint density at radius 3 is 3.00 bits per heavy atom. The molecule has 2 aromatic heterocycles. The molecule has 1 atom stereocenters. The van der Waals surface area contributed by atoms with Gasteiger partial charge in [-0.2, -0.15) is 0 Å². The molecule has 0 unspecified atom stereocenters. The summed E-state index contributed by atoms with van der Waals surface area (Å²) in [6, 6.07) is 10.1. The minimum atomic E-state index is -0.775. The second-order valence-corrected chi connectivity index (χ2v) is 6.38. The van der Waals surface area contributed by atoms with Crippen LogP contribution in [0.15, 0.2) is 42.7 Å². The van der Waals surface area contributed by atoms with E-state index in [4.69, 9.17) is 10.1 Å². The van der Waals surface area contributed by atoms with E-state index in [1.54, 1.807) is 6.20 Å². The smallest absolute Gasteiger partial charge is 0.303 e. The largest absolute Gasteiger partial charge is 0.481 e. The van der Waals surface area contributed by atoms with Crippen LogP contribution in [0.1, 0.15) is 42.1 Å². The molecule has 1 saturated heterocycles. The number of rotatable bonds is 6. The summed E-state index contributed by atoms with van der Waals surface area (Å²) in [6.45, 7) is 3.01. The third-order valence-electron chi connectivity index (χ3n) is 4.48. The van der Waals surface area contributed by atoms with Crippen LogP contribution in [0.2, 0.25) is 0 Å². The highest BCUT2D eigenvalue weighted by atomic mass is 16.4. The average Bonchev–Trinajstić information content (AvgIpc) is 2.61. The minimum Gasteiger partial charge on any atom is -0.481 e. The molecule has 0 saturated carbocycles. The Hall–Kier alpha value is -2.27. The van der Waals surface area contributed by atoms with Gasteiger partial charge in [0.25, 0.3) is 0 Å². The first-order valence-corrected chi connectivity index (χ1v) is 8.49. The van der Waals surface area contributed by atoms with Gasteiger partial charge in [-0.25, -0.2) is 0 Å². The molecule has 0 spiro atoms. The first-order valence-electron chi connectivity index (χ1n) is 8.49. The van der Waals surface area contributed by atoms with Gasteiger partial charge in [0.1, 0.15) is 0 Å². The maximum absolute atomic E-state index is 10.7. The second kappa shape index (κ2) is 8.02. The fraction of sp³-hybridized carbons (Fsp3) is 0.421. The molecule has 0 aliphatic carbocycles. The van der Waals surface area contributed by atoms with Gasteiger partial charge in [0, 0.05) is 49.2 Å². The topological polar surface area (TPSA) is 66.3 Å². The predicted octanol–water partition coefficient (Wildman–Crippen LogP) is 2.87. The third-order valence-corrected chi connectivity index (χ3v) is 4.48. The number of carboxylic acid groups (broad SMARTS) is 1. The lowest BCUT2D eigenvalue weighted by molar-refractivity contribution is -0.136. The number of pyridine rings is 2. The van der Waals surface area contributed by atoms with Crippen molar-refractivity contribution in [3.8, 4) is 0 Å². The van der Waals surface area contributed by atoms with Crippen molar-refractivity contribution in [1.82, 2.24) is 14.9 Å². The number of aryl methyl sites for hydroxylation is 1. The Bertz CT molecular complexity index is 675. The summed E-state index contributed by atoms with van der Waals surface area (Å²) in [5, 5.41) is 8.83. The van der Waals surface area contributed by atoms with Crippen molar-refractivity contribution in [2.45, 2.75) is 38.1 Å². The number of nitrogens with zero attached hydrogens (tertiary/aromatic N) is 3. The van der Waals surface area contributed by atoms with Crippen molar-refractivity contribution in [3.63, 3.8) is 0 Å². The fourth-order valence-electron chi connectivity index (χ4n) is 3.29. The van der Waals surface area contributed by atoms with Gasteiger partial charge in [0.15, 0.2) is 0 Å². The van der Waals surface area contributed by atoms with Crippen molar-refractivity contribution < 1.29 is 9.90 Å². The zero-order valence-corrected chi connectivity index (χ0v) is 13.8. The molecule has 1 aliphatic rings. The molecule has 2 aromatic rings. The van der Waals surface area contributed by atoms with Crippen LogP contribution in [0.4, 0.5) is 0 Å². The molecule has 24 heavy (non-hydrogen) atoms. The van der Waals surface area contributed by atoms with Gasteiger partial charge in [0.05, 0.1) is 6.42 Å². The average molecular weight is 325 g/mol. The third kappa shape index (κ3) is 4.61. The summed E-state index contributed by atoms with van der Waals surface area (Å²) in [4.78, 5) is 22.1. The van der Waals surface area contributed by atoms with Crippen molar-refractivity contribution in [2.75, 3.05) is 13.1 Å². The lowest BCUT2D eigenvalue weighted by Crippen LogP contribution is -2.34. The molecule has 5 heteroatoms. The standard InChI is InChI=1S/C19H23N3O2/c23-19(24)9-8-17-6-1-7-18(21-17)16-5-3-11-22(14-16)13-15-4-2-10-20-12-15/h1-2,4,6-7,10,12,16H,3,5,8-9,11,13-14H2,(H,23,24)/t16-/m0/s1. The first kappa shape index (κ1) is 16.6. The number of carboxylic acids is 1. The lowest BCUT2D eigenvalue weighted by atomic mass is 9.93. The highest BCUT2D eigenvalue weighted by molar-refractivity contribution is 5.66. The Morgan fingerprint density at radius 1 is 1.29 bits per heavy atom. The molecule has 3 heterocycles. The number of carbonyl (C=O) groups is 1. The van der Waals surface area contributed by atoms with E-state index in [0.29, 0.717) is 12.3 Å². The molecule has 5 nitrogen and oxygen atoms in total. The summed E-state index contributed by atoms with van der Waals surface area (Å²) < 4.78 is 0. The molecule has 1 aliphatic heterocycles. The van der Waals surface area contributed by atoms with Gasteiger partial charge in [-0.05, 0) is 43.1 Å². The van der Waals surface area contributed by atoms with E-state index in [1.165, 1.54) is 5.56 Å². The molecule has 1 fully saturated rings. The number of hydrogen-bond donors (Lipinski definition) is 1. The van der Waals surface area contributed by atoms with Crippen molar-refractivity contribution in [2.24, 2.45) is 0 Å². The van der Waals surface area contributed by atoms with Crippen LogP contribution >= 0.6 is 0 Å². The molecule has 3 rings (SSSR count). The van der Waals surface area contributed by atoms with Crippen molar-refractivity contribution in [3.05, 3.63) is 59.7 Å². The van der Waals surface area contributed by atoms with Crippen LogP contribution in [0.5, 0.6) is 0 Å². The van der Waals surface area contributed by atoms with E-state index in [0.717, 1.165) is 43.9 Å². The molecular formula is C19H23N3O2. The first-order chi connectivity index (χ1) is 11.7. The second-order valence-electron chi connectivity index (χ2n) is 6.38. The zero-order valence-electron chi connectivity index (χ0n) is 13.8. The van der Waals surface area contributed by atoms with Crippen LogP contribution in [0.3, 0.4) is 0 Å². The van der Waals surface area contributed by atoms with Crippen LogP contribution in [-0.4, -0.2) is 39.0 Å². The normalized spacial score (nSPS) is 18.4. The molecule has 0 radical (unpaired) electrons. The number of aliphatic carboxylic acids is 1. The Kier molecular flexibility index (Phi) is 5.54. The van der Waals surface area contributed by atoms with E-state index < -0.39 is 5.97 Å². The van der Waals surface area contributed by atoms with Crippen LogP contribution < -0.4 is 0 Å². The van der Waals surface area contributed by atoms with Gasteiger partial charge < -0.3 is 5.11 Å². The van der Waals surface area contributed by atoms with E-state index in [1.807, 2.05) is 24.4 Å². The van der Waals surface area contributed by atoms with Crippen LogP contribution in [-0.2, 0) is 17.8 Å². The Morgan fingerprint density at radius 2 is 2.21 bits per heavy atom. The summed E-state index contributed by atoms with van der Waals surface area (Å²) >= 11 is 0. The molecule has 0 amide bonds. The molecule has 1 N–H and O–H groups in total. The van der Waals surface area contributed by atoms with Gasteiger partial charge >= 0.3 is 5.97 Å². The summed E-state index contributed by atoms with van der Waals surface area (Å²) in [7, 11) is 0. The van der Waals surface area contributed by atoms with Gasteiger partial charge in [-0.1, -0.05) is 12.1 Å². The van der Waals surface area contributed by atoms with Crippen LogP contribution in [0, 0.1) is 0 Å². The molecule has 0 bridgehead atoms. The quantitative estimate of drug-likeness (QED) is 0.884. The molecule has 0 aromatic carbocycles. The lowest BCUT2D eigenvalue weighted by Gasteiger charge is -2.32. The summed E-state index contributed by atoms with van der Waals surface area (Å²) in [5.74, 6) is -0.359. The predicted molar refractivity (Wildman–Crippen MR) is 91.7 cm³/mol. The van der Waals surface area contributed by atoms with E-state index >= 15 is 0 Å². The highest BCUT2D eigenvalue weighted by Gasteiger charge is 2.22. The maximum atomic E-state index is 10.7. The van der Waals surface area contributed by atoms with Crippen molar-refractivity contribution in [1.29, 1.82) is 0 Å². The maximum Gasteiger partial charge on any atom is 0.303 e. The zero-order chi connectivity index (χ0) is 16.8. The van der Waals surface area contributed by atoms with Gasteiger partial charge in [-0.3, -0.25) is 19.7 Å².